The molecule has 0 unspecified atom stereocenters. The molecule has 0 radical (unpaired) electrons. The molecule has 0 saturated carbocycles. The van der Waals surface area contributed by atoms with Crippen LogP contribution in [0, 0.1) is 0 Å². The maximum Gasteiger partial charge on any atom is 0.271 e. The Labute approximate surface area is 249 Å². The number of piperazine rings is 1. The van der Waals surface area contributed by atoms with E-state index in [0.717, 1.165) is 43.9 Å². The molecule has 3 aromatic rings. The Hall–Kier alpha value is -3.73. The van der Waals surface area contributed by atoms with Gasteiger partial charge in [-0.15, -0.1) is 0 Å². The molecule has 2 aromatic carbocycles. The van der Waals surface area contributed by atoms with Crippen LogP contribution in [-0.2, 0) is 0 Å². The summed E-state index contributed by atoms with van der Waals surface area (Å²) < 4.78 is 0. The minimum Gasteiger partial charge on any atom is -0.371 e. The smallest absolute Gasteiger partial charge is 0.271 e. The van der Waals surface area contributed by atoms with Crippen molar-refractivity contribution in [2.75, 3.05) is 89.0 Å². The van der Waals surface area contributed by atoms with E-state index in [0.29, 0.717) is 23.4 Å². The van der Waals surface area contributed by atoms with Crippen LogP contribution in [0.1, 0.15) is 29.8 Å². The highest BCUT2D eigenvalue weighted by molar-refractivity contribution is 5.97. The number of likely N-dealkylation sites (N-methyl/N-ethyl adjacent to an activating group) is 1. The number of carbonyl (C=O) groups is 1. The predicted octanol–water partition coefficient (Wildman–Crippen LogP) is 3.57. The van der Waals surface area contributed by atoms with Gasteiger partial charge >= 0.3 is 0 Å². The normalized spacial score (nSPS) is 17.0. The molecular weight excluding hydrogens is 526 g/mol. The number of nitrogens with zero attached hydrogens (tertiary/aromatic N) is 6. The van der Waals surface area contributed by atoms with Gasteiger partial charge in [0.25, 0.3) is 5.91 Å². The van der Waals surface area contributed by atoms with Crippen molar-refractivity contribution in [3.05, 3.63) is 60.3 Å². The SMILES string of the molecule is CN(C)CCCNc1nc(Nc2ccc(N3CCC(N4CCN(C)CC4)CC3)cc2)c(C(N)=O)nc1-c1ccccc1. The lowest BCUT2D eigenvalue weighted by Crippen LogP contribution is -2.52. The second kappa shape index (κ2) is 14.0. The number of rotatable bonds is 11. The second-order valence-electron chi connectivity index (χ2n) is 11.7. The van der Waals surface area contributed by atoms with Crippen molar-refractivity contribution in [2.24, 2.45) is 5.73 Å². The molecule has 224 valence electrons. The van der Waals surface area contributed by atoms with Gasteiger partial charge in [0.05, 0.1) is 0 Å². The van der Waals surface area contributed by atoms with Crippen LogP contribution >= 0.6 is 0 Å². The molecule has 1 aromatic heterocycles. The zero-order valence-corrected chi connectivity index (χ0v) is 25.2. The number of piperidine rings is 1. The number of amides is 1. The summed E-state index contributed by atoms with van der Waals surface area (Å²) in [5, 5.41) is 6.75. The van der Waals surface area contributed by atoms with Gasteiger partial charge in [0, 0.05) is 68.8 Å². The molecule has 0 spiro atoms. The minimum absolute atomic E-state index is 0.114. The third kappa shape index (κ3) is 7.56. The van der Waals surface area contributed by atoms with Gasteiger partial charge in [-0.3, -0.25) is 9.69 Å². The van der Waals surface area contributed by atoms with E-state index in [1.54, 1.807) is 0 Å². The van der Waals surface area contributed by atoms with Crippen LogP contribution in [0.3, 0.4) is 0 Å². The first-order valence-electron chi connectivity index (χ1n) is 15.1. The zero-order chi connectivity index (χ0) is 29.5. The van der Waals surface area contributed by atoms with Crippen molar-refractivity contribution < 1.29 is 4.79 Å². The number of hydrogen-bond donors (Lipinski definition) is 3. The fourth-order valence-electron chi connectivity index (χ4n) is 5.79. The Bertz CT molecular complexity index is 1300. The van der Waals surface area contributed by atoms with E-state index in [2.05, 4.69) is 63.5 Å². The van der Waals surface area contributed by atoms with Crippen molar-refractivity contribution in [3.8, 4) is 11.3 Å². The van der Waals surface area contributed by atoms with E-state index in [-0.39, 0.29) is 5.69 Å². The van der Waals surface area contributed by atoms with Crippen molar-refractivity contribution >= 4 is 28.9 Å². The van der Waals surface area contributed by atoms with E-state index in [1.807, 2.05) is 42.5 Å². The van der Waals surface area contributed by atoms with Crippen molar-refractivity contribution in [3.63, 3.8) is 0 Å². The topological polar surface area (TPSA) is 106 Å². The first kappa shape index (κ1) is 29.8. The molecule has 0 bridgehead atoms. The van der Waals surface area contributed by atoms with Gasteiger partial charge in [0.15, 0.2) is 17.3 Å². The number of primary amides is 1. The zero-order valence-electron chi connectivity index (χ0n) is 25.2. The molecular formula is C32H45N9O. The lowest BCUT2D eigenvalue weighted by atomic mass is 10.0. The number of benzene rings is 2. The predicted molar refractivity (Wildman–Crippen MR) is 172 cm³/mol. The monoisotopic (exact) mass is 571 g/mol. The Kier molecular flexibility index (Phi) is 9.89. The Morgan fingerprint density at radius 3 is 2.26 bits per heavy atom. The second-order valence-corrected chi connectivity index (χ2v) is 11.7. The molecule has 2 fully saturated rings. The molecule has 2 aliphatic heterocycles. The Balaban J connectivity index is 1.29. The van der Waals surface area contributed by atoms with E-state index >= 15 is 0 Å². The van der Waals surface area contributed by atoms with Gasteiger partial charge in [0.1, 0.15) is 5.69 Å². The summed E-state index contributed by atoms with van der Waals surface area (Å²) >= 11 is 0. The molecule has 2 saturated heterocycles. The summed E-state index contributed by atoms with van der Waals surface area (Å²) in [6.45, 7) is 8.48. The number of hydrogen-bond acceptors (Lipinski definition) is 9. The van der Waals surface area contributed by atoms with Crippen LogP contribution in [0.15, 0.2) is 54.6 Å². The first-order valence-corrected chi connectivity index (χ1v) is 15.1. The highest BCUT2D eigenvalue weighted by Gasteiger charge is 2.27. The molecule has 0 atom stereocenters. The van der Waals surface area contributed by atoms with E-state index in [9.17, 15) is 4.79 Å². The molecule has 10 nitrogen and oxygen atoms in total. The average molecular weight is 572 g/mol. The quantitative estimate of drug-likeness (QED) is 0.298. The summed E-state index contributed by atoms with van der Waals surface area (Å²) in [6.07, 6.45) is 3.33. The third-order valence-electron chi connectivity index (χ3n) is 8.26. The van der Waals surface area contributed by atoms with Crippen LogP contribution in [0.2, 0.25) is 0 Å². The fraction of sp³-hybridized carbons (Fsp3) is 0.469. The number of nitrogens with two attached hydrogens (primary N) is 1. The van der Waals surface area contributed by atoms with Crippen LogP contribution < -0.4 is 21.3 Å². The third-order valence-corrected chi connectivity index (χ3v) is 8.26. The van der Waals surface area contributed by atoms with Crippen LogP contribution in [0.25, 0.3) is 11.3 Å². The molecule has 0 aliphatic carbocycles. The highest BCUT2D eigenvalue weighted by atomic mass is 16.1. The van der Waals surface area contributed by atoms with E-state index in [1.165, 1.54) is 44.7 Å². The number of nitrogens with one attached hydrogen (secondary N) is 2. The molecule has 2 aliphatic rings. The summed E-state index contributed by atoms with van der Waals surface area (Å²) in [4.78, 5) is 31.8. The molecule has 4 N–H and O–H groups in total. The number of aromatic nitrogens is 2. The first-order chi connectivity index (χ1) is 20.4. The maximum atomic E-state index is 12.5. The van der Waals surface area contributed by atoms with Crippen molar-refractivity contribution in [2.45, 2.75) is 25.3 Å². The molecule has 1 amide bonds. The molecule has 10 heteroatoms. The maximum absolute atomic E-state index is 12.5. The van der Waals surface area contributed by atoms with Crippen molar-refractivity contribution in [1.82, 2.24) is 24.7 Å². The van der Waals surface area contributed by atoms with Gasteiger partial charge < -0.3 is 31.1 Å². The number of carbonyl (C=O) groups excluding carboxylic acids is 1. The van der Waals surface area contributed by atoms with Gasteiger partial charge in [-0.1, -0.05) is 30.3 Å². The van der Waals surface area contributed by atoms with Gasteiger partial charge in [0.2, 0.25) is 0 Å². The molecule has 5 rings (SSSR count). The highest BCUT2D eigenvalue weighted by Crippen LogP contribution is 2.30. The molecule has 3 heterocycles. The average Bonchev–Trinajstić information content (AvgIpc) is 3.00. The van der Waals surface area contributed by atoms with Gasteiger partial charge in [-0.25, -0.2) is 9.97 Å². The van der Waals surface area contributed by atoms with Crippen LogP contribution in [-0.4, -0.2) is 110 Å². The van der Waals surface area contributed by atoms with Crippen LogP contribution in [0.5, 0.6) is 0 Å². The van der Waals surface area contributed by atoms with Crippen molar-refractivity contribution in [1.29, 1.82) is 0 Å². The Morgan fingerprint density at radius 1 is 0.929 bits per heavy atom. The minimum atomic E-state index is -0.624. The molecule has 42 heavy (non-hydrogen) atoms. The number of anilines is 4. The summed E-state index contributed by atoms with van der Waals surface area (Å²) in [7, 11) is 6.32. The van der Waals surface area contributed by atoms with E-state index in [4.69, 9.17) is 15.7 Å². The Morgan fingerprint density at radius 2 is 1.62 bits per heavy atom. The summed E-state index contributed by atoms with van der Waals surface area (Å²) in [6, 6.07) is 18.8. The fourth-order valence-corrected chi connectivity index (χ4v) is 5.79. The lowest BCUT2D eigenvalue weighted by Gasteiger charge is -2.42. The van der Waals surface area contributed by atoms with Gasteiger partial charge in [-0.2, -0.15) is 0 Å². The summed E-state index contributed by atoms with van der Waals surface area (Å²) in [5.74, 6) is 0.339. The summed E-state index contributed by atoms with van der Waals surface area (Å²) in [5.41, 5.74) is 9.42. The van der Waals surface area contributed by atoms with Crippen LogP contribution in [0.4, 0.5) is 23.0 Å². The van der Waals surface area contributed by atoms with E-state index < -0.39 is 5.91 Å². The largest absolute Gasteiger partial charge is 0.371 e. The van der Waals surface area contributed by atoms with Gasteiger partial charge in [-0.05, 0) is 71.2 Å². The standard InChI is InChI=1S/C32H45N9O/c1-38(2)17-7-16-34-31-28(24-8-5-4-6-9-24)36-29(30(33)42)32(37-31)35-25-10-12-26(13-11-25)40-18-14-27(15-19-40)41-22-20-39(3)21-23-41/h4-6,8-13,27H,7,14-23H2,1-3H3,(H2,33,42)(H2,34,35,37). The lowest BCUT2D eigenvalue weighted by molar-refractivity contribution is 0.0982.